The van der Waals surface area contributed by atoms with Gasteiger partial charge in [0.25, 0.3) is 0 Å². The standard InChI is InChI=1S/C14H29N3O/c1-10(2)13(15)14(18)17(11(3)4)9-12-7-6-8-16(12)5/h10-13H,6-9,15H2,1-5H3/t12-,13-/m0/s1. The lowest BCUT2D eigenvalue weighted by molar-refractivity contribution is -0.136. The summed E-state index contributed by atoms with van der Waals surface area (Å²) in [4.78, 5) is 16.7. The fraction of sp³-hybridized carbons (Fsp3) is 0.929. The molecule has 0 aromatic rings. The van der Waals surface area contributed by atoms with Crippen LogP contribution in [0, 0.1) is 5.92 Å². The molecule has 0 spiro atoms. The molecule has 1 aliphatic heterocycles. The number of nitrogens with two attached hydrogens (primary N) is 1. The zero-order chi connectivity index (χ0) is 13.9. The molecule has 0 aromatic carbocycles. The van der Waals surface area contributed by atoms with E-state index in [0.29, 0.717) is 6.04 Å². The summed E-state index contributed by atoms with van der Waals surface area (Å²) in [5.74, 6) is 0.292. The van der Waals surface area contributed by atoms with Crippen LogP contribution >= 0.6 is 0 Å². The predicted molar refractivity (Wildman–Crippen MR) is 75.3 cm³/mol. The van der Waals surface area contributed by atoms with Crippen molar-refractivity contribution >= 4 is 5.91 Å². The molecule has 2 atom stereocenters. The molecule has 1 heterocycles. The molecule has 1 rings (SSSR count). The summed E-state index contributed by atoms with van der Waals surface area (Å²) in [5, 5.41) is 0. The minimum atomic E-state index is -0.376. The molecule has 18 heavy (non-hydrogen) atoms. The fourth-order valence-electron chi connectivity index (χ4n) is 2.47. The van der Waals surface area contributed by atoms with Crippen molar-refractivity contribution in [3.05, 3.63) is 0 Å². The number of carbonyl (C=O) groups excluding carboxylic acids is 1. The lowest BCUT2D eigenvalue weighted by Gasteiger charge is -2.34. The summed E-state index contributed by atoms with van der Waals surface area (Å²) in [6.45, 7) is 10.1. The van der Waals surface area contributed by atoms with Crippen LogP contribution in [0.2, 0.25) is 0 Å². The summed E-state index contributed by atoms with van der Waals surface area (Å²) in [6, 6.07) is 0.339. The average Bonchev–Trinajstić information content (AvgIpc) is 2.69. The van der Waals surface area contributed by atoms with E-state index in [4.69, 9.17) is 5.73 Å². The molecule has 1 aliphatic rings. The second-order valence-corrected chi connectivity index (χ2v) is 6.13. The van der Waals surface area contributed by atoms with Gasteiger partial charge in [0.05, 0.1) is 6.04 Å². The van der Waals surface area contributed by atoms with Crippen molar-refractivity contribution in [2.45, 2.75) is 58.7 Å². The summed E-state index contributed by atoms with van der Waals surface area (Å²) in [5.41, 5.74) is 6.00. The maximum atomic E-state index is 12.4. The number of nitrogens with zero attached hydrogens (tertiary/aromatic N) is 2. The van der Waals surface area contributed by atoms with Gasteiger partial charge < -0.3 is 15.5 Å². The highest BCUT2D eigenvalue weighted by Crippen LogP contribution is 2.18. The molecular weight excluding hydrogens is 226 g/mol. The molecule has 0 bridgehead atoms. The first-order chi connectivity index (χ1) is 8.34. The molecule has 1 amide bonds. The van der Waals surface area contributed by atoms with Crippen molar-refractivity contribution in [1.82, 2.24) is 9.80 Å². The maximum Gasteiger partial charge on any atom is 0.240 e. The Hall–Kier alpha value is -0.610. The van der Waals surface area contributed by atoms with Crippen LogP contribution < -0.4 is 5.73 Å². The number of amides is 1. The van der Waals surface area contributed by atoms with Gasteiger partial charge in [-0.05, 0) is 46.2 Å². The van der Waals surface area contributed by atoms with Crippen molar-refractivity contribution < 1.29 is 4.79 Å². The second-order valence-electron chi connectivity index (χ2n) is 6.13. The van der Waals surface area contributed by atoms with Crippen molar-refractivity contribution in [2.24, 2.45) is 11.7 Å². The van der Waals surface area contributed by atoms with E-state index in [9.17, 15) is 4.79 Å². The quantitative estimate of drug-likeness (QED) is 0.805. The van der Waals surface area contributed by atoms with Crippen molar-refractivity contribution in [3.8, 4) is 0 Å². The molecule has 1 saturated heterocycles. The number of hydrogen-bond acceptors (Lipinski definition) is 3. The summed E-state index contributed by atoms with van der Waals surface area (Å²) in [6.07, 6.45) is 2.42. The Kier molecular flexibility index (Phi) is 5.60. The first kappa shape index (κ1) is 15.4. The third-order valence-electron chi connectivity index (χ3n) is 3.99. The molecule has 4 nitrogen and oxygen atoms in total. The van der Waals surface area contributed by atoms with Crippen molar-refractivity contribution in [2.75, 3.05) is 20.1 Å². The molecule has 106 valence electrons. The fourth-order valence-corrected chi connectivity index (χ4v) is 2.47. The van der Waals surface area contributed by atoms with E-state index in [0.717, 1.165) is 13.1 Å². The van der Waals surface area contributed by atoms with Gasteiger partial charge in [-0.2, -0.15) is 0 Å². The number of hydrogen-bond donors (Lipinski definition) is 1. The average molecular weight is 255 g/mol. The van der Waals surface area contributed by atoms with Crippen molar-refractivity contribution in [3.63, 3.8) is 0 Å². The maximum absolute atomic E-state index is 12.4. The van der Waals surface area contributed by atoms with Crippen LogP contribution in [-0.2, 0) is 4.79 Å². The van der Waals surface area contributed by atoms with E-state index in [1.54, 1.807) is 0 Å². The van der Waals surface area contributed by atoms with Crippen LogP contribution in [0.5, 0.6) is 0 Å². The number of rotatable bonds is 5. The Bertz CT molecular complexity index is 278. The molecule has 0 saturated carbocycles. The Morgan fingerprint density at radius 1 is 1.39 bits per heavy atom. The zero-order valence-corrected chi connectivity index (χ0v) is 12.5. The van der Waals surface area contributed by atoms with Gasteiger partial charge in [0, 0.05) is 18.6 Å². The van der Waals surface area contributed by atoms with Gasteiger partial charge in [0.2, 0.25) is 5.91 Å². The van der Waals surface area contributed by atoms with Crippen LogP contribution in [0.1, 0.15) is 40.5 Å². The van der Waals surface area contributed by atoms with E-state index >= 15 is 0 Å². The van der Waals surface area contributed by atoms with Gasteiger partial charge in [-0.1, -0.05) is 13.8 Å². The number of likely N-dealkylation sites (N-methyl/N-ethyl adjacent to an activating group) is 1. The lowest BCUT2D eigenvalue weighted by Crippen LogP contribution is -2.52. The molecule has 4 heteroatoms. The van der Waals surface area contributed by atoms with E-state index in [2.05, 4.69) is 25.8 Å². The zero-order valence-electron chi connectivity index (χ0n) is 12.5. The van der Waals surface area contributed by atoms with E-state index < -0.39 is 0 Å². The van der Waals surface area contributed by atoms with E-state index in [1.807, 2.05) is 18.7 Å². The van der Waals surface area contributed by atoms with Gasteiger partial charge in [-0.15, -0.1) is 0 Å². The molecule has 0 aromatic heterocycles. The second kappa shape index (κ2) is 6.53. The van der Waals surface area contributed by atoms with Crippen LogP contribution in [0.15, 0.2) is 0 Å². The molecular formula is C14H29N3O. The molecule has 0 radical (unpaired) electrons. The van der Waals surface area contributed by atoms with E-state index in [1.165, 1.54) is 12.8 Å². The highest BCUT2D eigenvalue weighted by Gasteiger charge is 2.30. The smallest absolute Gasteiger partial charge is 0.240 e. The molecule has 1 fully saturated rings. The molecule has 2 N–H and O–H groups in total. The lowest BCUT2D eigenvalue weighted by atomic mass is 10.0. The Labute approximate surface area is 111 Å². The highest BCUT2D eigenvalue weighted by molar-refractivity contribution is 5.82. The Balaban J connectivity index is 2.67. The number of carbonyl (C=O) groups is 1. The topological polar surface area (TPSA) is 49.6 Å². The Morgan fingerprint density at radius 2 is 2.00 bits per heavy atom. The summed E-state index contributed by atoms with van der Waals surface area (Å²) < 4.78 is 0. The van der Waals surface area contributed by atoms with Gasteiger partial charge in [-0.25, -0.2) is 0 Å². The van der Waals surface area contributed by atoms with Crippen LogP contribution in [0.3, 0.4) is 0 Å². The normalized spacial score (nSPS) is 22.8. The van der Waals surface area contributed by atoms with Gasteiger partial charge in [0.1, 0.15) is 0 Å². The SMILES string of the molecule is CC(C)[C@H](N)C(=O)N(C[C@@H]1CCCN1C)C(C)C. The van der Waals surface area contributed by atoms with Crippen LogP contribution in [0.4, 0.5) is 0 Å². The van der Waals surface area contributed by atoms with Gasteiger partial charge in [-0.3, -0.25) is 4.79 Å². The minimum absolute atomic E-state index is 0.0975. The van der Waals surface area contributed by atoms with Crippen LogP contribution in [-0.4, -0.2) is 54.0 Å². The van der Waals surface area contributed by atoms with Crippen molar-refractivity contribution in [1.29, 1.82) is 0 Å². The third kappa shape index (κ3) is 3.69. The largest absolute Gasteiger partial charge is 0.337 e. The first-order valence-electron chi connectivity index (χ1n) is 7.11. The summed E-state index contributed by atoms with van der Waals surface area (Å²) >= 11 is 0. The van der Waals surface area contributed by atoms with Gasteiger partial charge >= 0.3 is 0 Å². The number of likely N-dealkylation sites (tertiary alicyclic amines) is 1. The minimum Gasteiger partial charge on any atom is -0.337 e. The third-order valence-corrected chi connectivity index (χ3v) is 3.99. The summed E-state index contributed by atoms with van der Waals surface area (Å²) in [7, 11) is 2.14. The first-order valence-corrected chi connectivity index (χ1v) is 7.11. The highest BCUT2D eigenvalue weighted by atomic mass is 16.2. The predicted octanol–water partition coefficient (Wildman–Crippen LogP) is 1.30. The monoisotopic (exact) mass is 255 g/mol. The van der Waals surface area contributed by atoms with E-state index in [-0.39, 0.29) is 23.9 Å². The van der Waals surface area contributed by atoms with Gasteiger partial charge in [0.15, 0.2) is 0 Å². The molecule has 0 unspecified atom stereocenters. The van der Waals surface area contributed by atoms with Crippen LogP contribution in [0.25, 0.3) is 0 Å². The molecule has 0 aliphatic carbocycles. The Morgan fingerprint density at radius 3 is 2.39 bits per heavy atom.